The van der Waals surface area contributed by atoms with Gasteiger partial charge in [-0.3, -0.25) is 14.5 Å². The predicted molar refractivity (Wildman–Crippen MR) is 130 cm³/mol. The predicted octanol–water partition coefficient (Wildman–Crippen LogP) is 6.68. The van der Waals surface area contributed by atoms with E-state index in [-0.39, 0.29) is 17.7 Å². The molecule has 1 saturated heterocycles. The Hall–Kier alpha value is -3.24. The maximum atomic E-state index is 12.8. The number of nitriles is 1. The first-order chi connectivity index (χ1) is 15.9. The zero-order valence-electron chi connectivity index (χ0n) is 17.1. The summed E-state index contributed by atoms with van der Waals surface area (Å²) < 4.78 is 5.77. The molecule has 1 fully saturated rings. The summed E-state index contributed by atoms with van der Waals surface area (Å²) in [4.78, 5) is 26.7. The van der Waals surface area contributed by atoms with E-state index in [9.17, 15) is 14.9 Å². The van der Waals surface area contributed by atoms with Crippen LogP contribution in [0.15, 0.2) is 71.6 Å². The highest BCUT2D eigenvalue weighted by molar-refractivity contribution is 8.18. The van der Waals surface area contributed by atoms with Crippen molar-refractivity contribution >= 4 is 52.2 Å². The Bertz CT molecular complexity index is 1300. The Labute approximate surface area is 205 Å². The second-order valence-corrected chi connectivity index (χ2v) is 8.95. The van der Waals surface area contributed by atoms with E-state index in [1.54, 1.807) is 54.6 Å². The van der Waals surface area contributed by atoms with Gasteiger partial charge in [-0.05, 0) is 64.9 Å². The Morgan fingerprint density at radius 1 is 1.00 bits per heavy atom. The summed E-state index contributed by atoms with van der Waals surface area (Å²) in [6, 6.07) is 21.5. The molecule has 0 bridgehead atoms. The largest absolute Gasteiger partial charge is 0.489 e. The second-order valence-electron chi connectivity index (χ2n) is 7.14. The van der Waals surface area contributed by atoms with Crippen LogP contribution in [0.2, 0.25) is 10.0 Å². The molecule has 0 aromatic heterocycles. The fourth-order valence-electron chi connectivity index (χ4n) is 3.18. The zero-order chi connectivity index (χ0) is 23.4. The van der Waals surface area contributed by atoms with Gasteiger partial charge in [-0.25, -0.2) is 0 Å². The molecule has 0 N–H and O–H groups in total. The number of halogens is 2. The highest BCUT2D eigenvalue weighted by Crippen LogP contribution is 2.34. The lowest BCUT2D eigenvalue weighted by molar-refractivity contribution is -0.123. The summed E-state index contributed by atoms with van der Waals surface area (Å²) in [5.41, 5.74) is 2.73. The van der Waals surface area contributed by atoms with Gasteiger partial charge in [-0.2, -0.15) is 5.26 Å². The highest BCUT2D eigenvalue weighted by atomic mass is 35.5. The molecular formula is C25H16Cl2N2O3S. The standard InChI is InChI=1S/C25H16Cl2N2O3S/c26-21-10-7-17(11-22(21)27)15-32-20-8-5-16(6-9-20)12-23-24(30)29(25(31)33-23)14-19-4-2-1-3-18(19)13-28/h1-12H,14-15H2/b23-12+. The number of thioether (sulfide) groups is 1. The first-order valence-electron chi connectivity index (χ1n) is 9.85. The van der Waals surface area contributed by atoms with Crippen LogP contribution in [0, 0.1) is 11.3 Å². The Morgan fingerprint density at radius 3 is 2.48 bits per heavy atom. The van der Waals surface area contributed by atoms with Gasteiger partial charge >= 0.3 is 0 Å². The van der Waals surface area contributed by atoms with Crippen molar-refractivity contribution in [2.24, 2.45) is 0 Å². The van der Waals surface area contributed by atoms with Crippen LogP contribution in [0.25, 0.3) is 6.08 Å². The van der Waals surface area contributed by atoms with Crippen molar-refractivity contribution in [2.45, 2.75) is 13.2 Å². The Kier molecular flexibility index (Phi) is 7.05. The van der Waals surface area contributed by atoms with Gasteiger partial charge in [0.1, 0.15) is 12.4 Å². The van der Waals surface area contributed by atoms with Gasteiger partial charge < -0.3 is 4.74 Å². The fourth-order valence-corrected chi connectivity index (χ4v) is 4.34. The van der Waals surface area contributed by atoms with Crippen LogP contribution in [-0.4, -0.2) is 16.0 Å². The summed E-state index contributed by atoms with van der Waals surface area (Å²) in [6.45, 7) is 0.395. The van der Waals surface area contributed by atoms with Crippen LogP contribution in [0.3, 0.4) is 0 Å². The average Bonchev–Trinajstić information content (AvgIpc) is 3.08. The molecule has 2 amide bonds. The van der Waals surface area contributed by atoms with Gasteiger partial charge in [0, 0.05) is 0 Å². The van der Waals surface area contributed by atoms with E-state index in [2.05, 4.69) is 6.07 Å². The number of benzene rings is 3. The monoisotopic (exact) mass is 494 g/mol. The maximum absolute atomic E-state index is 12.8. The van der Waals surface area contributed by atoms with Gasteiger partial charge in [0.15, 0.2) is 0 Å². The summed E-state index contributed by atoms with van der Waals surface area (Å²) in [7, 11) is 0. The van der Waals surface area contributed by atoms with E-state index >= 15 is 0 Å². The molecule has 0 unspecified atom stereocenters. The minimum Gasteiger partial charge on any atom is -0.489 e. The zero-order valence-corrected chi connectivity index (χ0v) is 19.5. The Morgan fingerprint density at radius 2 is 1.76 bits per heavy atom. The van der Waals surface area contributed by atoms with E-state index in [1.165, 1.54) is 0 Å². The number of carbonyl (C=O) groups excluding carboxylic acids is 2. The van der Waals surface area contributed by atoms with Crippen molar-refractivity contribution in [3.8, 4) is 11.8 Å². The van der Waals surface area contributed by atoms with Gasteiger partial charge in [-0.15, -0.1) is 0 Å². The molecule has 164 valence electrons. The van der Waals surface area contributed by atoms with E-state index in [1.807, 2.05) is 18.2 Å². The van der Waals surface area contributed by atoms with Crippen molar-refractivity contribution in [1.29, 1.82) is 5.26 Å². The molecule has 3 aromatic rings. The van der Waals surface area contributed by atoms with Crippen LogP contribution < -0.4 is 4.74 Å². The average molecular weight is 495 g/mol. The maximum Gasteiger partial charge on any atom is 0.293 e. The summed E-state index contributed by atoms with van der Waals surface area (Å²) >= 11 is 12.8. The molecule has 4 rings (SSSR count). The van der Waals surface area contributed by atoms with E-state index in [4.69, 9.17) is 27.9 Å². The van der Waals surface area contributed by atoms with Crippen molar-refractivity contribution in [3.63, 3.8) is 0 Å². The highest BCUT2D eigenvalue weighted by Gasteiger charge is 2.35. The van der Waals surface area contributed by atoms with Gasteiger partial charge in [0.2, 0.25) is 0 Å². The number of amides is 2. The van der Waals surface area contributed by atoms with Crippen molar-refractivity contribution in [2.75, 3.05) is 0 Å². The van der Waals surface area contributed by atoms with Gasteiger partial charge in [0.05, 0.1) is 33.1 Å². The molecule has 1 aliphatic rings. The van der Waals surface area contributed by atoms with Crippen LogP contribution >= 0.6 is 35.0 Å². The van der Waals surface area contributed by atoms with Gasteiger partial charge in [0.25, 0.3) is 11.1 Å². The van der Waals surface area contributed by atoms with Crippen molar-refractivity contribution in [1.82, 2.24) is 4.90 Å². The molecule has 3 aromatic carbocycles. The lowest BCUT2D eigenvalue weighted by atomic mass is 10.1. The summed E-state index contributed by atoms with van der Waals surface area (Å²) in [5, 5.41) is 9.84. The van der Waals surface area contributed by atoms with E-state index in [0.717, 1.165) is 27.8 Å². The number of hydrogen-bond acceptors (Lipinski definition) is 5. The summed E-state index contributed by atoms with van der Waals surface area (Å²) in [6.07, 6.45) is 1.67. The number of ether oxygens (including phenoxy) is 1. The molecule has 0 spiro atoms. The minimum atomic E-state index is -0.377. The van der Waals surface area contributed by atoms with Gasteiger partial charge in [-0.1, -0.05) is 59.6 Å². The molecule has 33 heavy (non-hydrogen) atoms. The quantitative estimate of drug-likeness (QED) is 0.357. The molecule has 1 aliphatic heterocycles. The first-order valence-corrected chi connectivity index (χ1v) is 11.4. The molecule has 1 heterocycles. The Balaban J connectivity index is 1.42. The number of imide groups is 1. The van der Waals surface area contributed by atoms with E-state index in [0.29, 0.717) is 38.4 Å². The number of nitrogens with zero attached hydrogens (tertiary/aromatic N) is 2. The van der Waals surface area contributed by atoms with Crippen LogP contribution in [-0.2, 0) is 17.9 Å². The minimum absolute atomic E-state index is 0.0627. The number of rotatable bonds is 6. The molecule has 0 saturated carbocycles. The van der Waals surface area contributed by atoms with Crippen LogP contribution in [0.4, 0.5) is 4.79 Å². The lowest BCUT2D eigenvalue weighted by Gasteiger charge is -2.13. The third kappa shape index (κ3) is 5.40. The molecular weight excluding hydrogens is 479 g/mol. The molecule has 0 radical (unpaired) electrons. The second kappa shape index (κ2) is 10.1. The van der Waals surface area contributed by atoms with Crippen LogP contribution in [0.1, 0.15) is 22.3 Å². The molecule has 0 aliphatic carbocycles. The van der Waals surface area contributed by atoms with Crippen LogP contribution in [0.5, 0.6) is 5.75 Å². The molecule has 5 nitrogen and oxygen atoms in total. The topological polar surface area (TPSA) is 70.4 Å². The third-order valence-corrected chi connectivity index (χ3v) is 6.55. The SMILES string of the molecule is N#Cc1ccccc1CN1C(=O)S/C(=C/c2ccc(OCc3ccc(Cl)c(Cl)c3)cc2)C1=O. The number of hydrogen-bond donors (Lipinski definition) is 0. The third-order valence-electron chi connectivity index (χ3n) is 4.91. The van der Waals surface area contributed by atoms with E-state index < -0.39 is 0 Å². The summed E-state index contributed by atoms with van der Waals surface area (Å²) in [5.74, 6) is 0.275. The fraction of sp³-hybridized carbons (Fsp3) is 0.0800. The van der Waals surface area contributed by atoms with Crippen molar-refractivity contribution in [3.05, 3.63) is 104 Å². The lowest BCUT2D eigenvalue weighted by Crippen LogP contribution is -2.27. The first kappa shape index (κ1) is 22.9. The smallest absolute Gasteiger partial charge is 0.293 e. The molecule has 8 heteroatoms. The van der Waals surface area contributed by atoms with Crippen molar-refractivity contribution < 1.29 is 14.3 Å². The normalized spacial score (nSPS) is 14.6. The number of carbonyl (C=O) groups is 2. The molecule has 0 atom stereocenters.